The molecule has 16 heavy (non-hydrogen) atoms. The number of imide groups is 1. The molecule has 0 fully saturated rings. The first kappa shape index (κ1) is 10.6. The van der Waals surface area contributed by atoms with Crippen molar-refractivity contribution in [2.75, 3.05) is 0 Å². The van der Waals surface area contributed by atoms with E-state index in [1.165, 1.54) is 4.90 Å². The predicted octanol–water partition coefficient (Wildman–Crippen LogP) is 2.25. The van der Waals surface area contributed by atoms with Gasteiger partial charge in [0.25, 0.3) is 11.8 Å². The minimum absolute atomic E-state index is 0.226. The van der Waals surface area contributed by atoms with E-state index in [0.29, 0.717) is 11.1 Å². The molecule has 2 amide bonds. The van der Waals surface area contributed by atoms with Crippen molar-refractivity contribution in [2.24, 2.45) is 0 Å². The highest BCUT2D eigenvalue weighted by atomic mass is 16.2. The van der Waals surface area contributed by atoms with Gasteiger partial charge in [0.15, 0.2) is 0 Å². The fraction of sp³-hybridized carbons (Fsp3) is 0.231. The van der Waals surface area contributed by atoms with Gasteiger partial charge in [0.2, 0.25) is 0 Å². The van der Waals surface area contributed by atoms with E-state index in [1.807, 2.05) is 13.8 Å². The van der Waals surface area contributed by atoms with Gasteiger partial charge >= 0.3 is 0 Å². The highest BCUT2D eigenvalue weighted by Crippen LogP contribution is 2.25. The zero-order valence-corrected chi connectivity index (χ0v) is 9.36. The number of hydrogen-bond acceptors (Lipinski definition) is 2. The number of hydrogen-bond donors (Lipinski definition) is 0. The number of benzene rings is 1. The van der Waals surface area contributed by atoms with Crippen LogP contribution in [-0.4, -0.2) is 22.8 Å². The molecule has 1 heterocycles. The maximum atomic E-state index is 12.0. The summed E-state index contributed by atoms with van der Waals surface area (Å²) in [5.74, 6) is -0.452. The van der Waals surface area contributed by atoms with Gasteiger partial charge in [-0.1, -0.05) is 24.3 Å². The molecule has 1 aliphatic heterocycles. The molecule has 1 unspecified atom stereocenters. The topological polar surface area (TPSA) is 37.4 Å². The quantitative estimate of drug-likeness (QED) is 0.560. The Morgan fingerprint density at radius 2 is 1.62 bits per heavy atom. The van der Waals surface area contributed by atoms with Gasteiger partial charge in [-0.05, 0) is 26.0 Å². The average Bonchev–Trinajstić information content (AvgIpc) is 2.52. The molecule has 1 aromatic carbocycles. The summed E-state index contributed by atoms with van der Waals surface area (Å²) in [6.45, 7) is 7.41. The molecule has 0 bridgehead atoms. The van der Waals surface area contributed by atoms with Crippen molar-refractivity contribution in [3.63, 3.8) is 0 Å². The van der Waals surface area contributed by atoms with Crippen LogP contribution in [0.25, 0.3) is 0 Å². The molecule has 1 aromatic rings. The highest BCUT2D eigenvalue weighted by Gasteiger charge is 2.38. The number of nitrogens with zero attached hydrogens (tertiary/aromatic N) is 1. The van der Waals surface area contributed by atoms with Crippen LogP contribution in [0.2, 0.25) is 0 Å². The van der Waals surface area contributed by atoms with Crippen LogP contribution < -0.4 is 0 Å². The molecular weight excluding hydrogens is 202 g/mol. The van der Waals surface area contributed by atoms with Crippen LogP contribution in [-0.2, 0) is 0 Å². The maximum absolute atomic E-state index is 12.0. The number of amides is 2. The Balaban J connectivity index is 2.46. The molecule has 82 valence electrons. The minimum atomic E-state index is -0.257. The van der Waals surface area contributed by atoms with E-state index >= 15 is 0 Å². The molecule has 0 aliphatic carbocycles. The molecule has 1 atom stereocenters. The van der Waals surface area contributed by atoms with Crippen molar-refractivity contribution in [3.8, 4) is 0 Å². The van der Waals surface area contributed by atoms with E-state index < -0.39 is 0 Å². The minimum Gasteiger partial charge on any atom is -0.269 e. The van der Waals surface area contributed by atoms with Crippen LogP contribution >= 0.6 is 0 Å². The summed E-state index contributed by atoms with van der Waals surface area (Å²) in [5.41, 5.74) is 1.77. The molecule has 3 heteroatoms. The van der Waals surface area contributed by atoms with Gasteiger partial charge in [-0.2, -0.15) is 0 Å². The van der Waals surface area contributed by atoms with Crippen LogP contribution in [0.5, 0.6) is 0 Å². The first-order valence-corrected chi connectivity index (χ1v) is 5.16. The van der Waals surface area contributed by atoms with Gasteiger partial charge < -0.3 is 0 Å². The lowest BCUT2D eigenvalue weighted by molar-refractivity contribution is 0.0619. The summed E-state index contributed by atoms with van der Waals surface area (Å²) in [7, 11) is 0. The predicted molar refractivity (Wildman–Crippen MR) is 61.2 cm³/mol. The Morgan fingerprint density at radius 1 is 1.19 bits per heavy atom. The summed E-state index contributed by atoms with van der Waals surface area (Å²) >= 11 is 0. The Bertz CT molecular complexity index is 455. The highest BCUT2D eigenvalue weighted by molar-refractivity contribution is 6.21. The lowest BCUT2D eigenvalue weighted by Crippen LogP contribution is -2.38. The van der Waals surface area contributed by atoms with Gasteiger partial charge in [-0.3, -0.25) is 14.5 Å². The molecule has 0 saturated heterocycles. The van der Waals surface area contributed by atoms with E-state index in [0.717, 1.165) is 5.57 Å². The van der Waals surface area contributed by atoms with E-state index in [1.54, 1.807) is 24.3 Å². The smallest absolute Gasteiger partial charge is 0.262 e. The van der Waals surface area contributed by atoms with Crippen LogP contribution in [0, 0.1) is 0 Å². The SMILES string of the molecule is C=C(C)C(C)N1C(=O)c2ccccc2C1=O. The zero-order valence-electron chi connectivity index (χ0n) is 9.36. The molecule has 0 N–H and O–H groups in total. The third kappa shape index (κ3) is 1.36. The van der Waals surface area contributed by atoms with Crippen molar-refractivity contribution in [1.82, 2.24) is 4.90 Å². The Morgan fingerprint density at radius 3 is 2.00 bits per heavy atom. The number of carbonyl (C=O) groups excluding carboxylic acids is 2. The molecule has 0 saturated carbocycles. The average molecular weight is 215 g/mol. The monoisotopic (exact) mass is 215 g/mol. The normalized spacial score (nSPS) is 16.2. The molecule has 3 nitrogen and oxygen atoms in total. The number of carbonyl (C=O) groups is 2. The van der Waals surface area contributed by atoms with Crippen molar-refractivity contribution in [1.29, 1.82) is 0 Å². The fourth-order valence-electron chi connectivity index (χ4n) is 1.78. The summed E-state index contributed by atoms with van der Waals surface area (Å²) in [6.07, 6.45) is 0. The van der Waals surface area contributed by atoms with Crippen molar-refractivity contribution in [3.05, 3.63) is 47.5 Å². The lowest BCUT2D eigenvalue weighted by atomic mass is 10.1. The number of fused-ring (bicyclic) bond motifs is 1. The van der Waals surface area contributed by atoms with Crippen LogP contribution in [0.3, 0.4) is 0 Å². The Kier molecular flexibility index (Phi) is 2.38. The Labute approximate surface area is 94.4 Å². The second kappa shape index (κ2) is 3.59. The molecule has 0 aromatic heterocycles. The van der Waals surface area contributed by atoms with Gasteiger partial charge in [0.05, 0.1) is 17.2 Å². The zero-order chi connectivity index (χ0) is 11.9. The molecule has 0 radical (unpaired) electrons. The van der Waals surface area contributed by atoms with Gasteiger partial charge in [-0.25, -0.2) is 0 Å². The van der Waals surface area contributed by atoms with Crippen LogP contribution in [0.1, 0.15) is 34.6 Å². The van der Waals surface area contributed by atoms with Crippen molar-refractivity contribution >= 4 is 11.8 Å². The van der Waals surface area contributed by atoms with Gasteiger partial charge in [0, 0.05) is 0 Å². The van der Waals surface area contributed by atoms with Crippen LogP contribution in [0.15, 0.2) is 36.4 Å². The Hall–Kier alpha value is -1.90. The third-order valence-electron chi connectivity index (χ3n) is 2.93. The standard InChI is InChI=1S/C13H13NO2/c1-8(2)9(3)14-12(15)10-6-4-5-7-11(10)13(14)16/h4-7,9H,1H2,2-3H3. The largest absolute Gasteiger partial charge is 0.269 e. The van der Waals surface area contributed by atoms with Crippen molar-refractivity contribution in [2.45, 2.75) is 19.9 Å². The fourth-order valence-corrected chi connectivity index (χ4v) is 1.78. The van der Waals surface area contributed by atoms with E-state index in [9.17, 15) is 9.59 Å². The lowest BCUT2D eigenvalue weighted by Gasteiger charge is -2.22. The second-order valence-corrected chi connectivity index (χ2v) is 4.05. The van der Waals surface area contributed by atoms with E-state index in [2.05, 4.69) is 6.58 Å². The number of rotatable bonds is 2. The molecular formula is C13H13NO2. The van der Waals surface area contributed by atoms with Crippen molar-refractivity contribution < 1.29 is 9.59 Å². The third-order valence-corrected chi connectivity index (χ3v) is 2.93. The molecule has 1 aliphatic rings. The van der Waals surface area contributed by atoms with Gasteiger partial charge in [0.1, 0.15) is 0 Å². The van der Waals surface area contributed by atoms with E-state index in [-0.39, 0.29) is 17.9 Å². The first-order valence-electron chi connectivity index (χ1n) is 5.16. The summed E-state index contributed by atoms with van der Waals surface area (Å²) in [4.78, 5) is 25.3. The molecule has 0 spiro atoms. The second-order valence-electron chi connectivity index (χ2n) is 4.05. The summed E-state index contributed by atoms with van der Waals surface area (Å²) in [6, 6.07) is 6.63. The van der Waals surface area contributed by atoms with E-state index in [4.69, 9.17) is 0 Å². The summed E-state index contributed by atoms with van der Waals surface area (Å²) < 4.78 is 0. The molecule has 2 rings (SSSR count). The van der Waals surface area contributed by atoms with Gasteiger partial charge in [-0.15, -0.1) is 0 Å². The maximum Gasteiger partial charge on any atom is 0.262 e. The van der Waals surface area contributed by atoms with Crippen LogP contribution in [0.4, 0.5) is 0 Å². The first-order chi connectivity index (χ1) is 7.54. The summed E-state index contributed by atoms with van der Waals surface area (Å²) in [5, 5.41) is 0.